The number of hydrogen-bond acceptors (Lipinski definition) is 4. The number of oxazole rings is 1. The second-order valence-electron chi connectivity index (χ2n) is 4.34. The summed E-state index contributed by atoms with van der Waals surface area (Å²) < 4.78 is 5.64. The Kier molecular flexibility index (Phi) is 5.09. The van der Waals surface area contributed by atoms with Crippen LogP contribution in [0.15, 0.2) is 34.9 Å². The number of hydrogen-bond donors (Lipinski definition) is 1. The van der Waals surface area contributed by atoms with Gasteiger partial charge in [0.05, 0.1) is 18.4 Å². The Hall–Kier alpha value is -1.46. The molecule has 1 N–H and O–H groups in total. The number of aromatic nitrogens is 1. The van der Waals surface area contributed by atoms with Crippen LogP contribution < -0.4 is 0 Å². The number of halogens is 1. The first-order valence-electron chi connectivity index (χ1n) is 6.08. The third-order valence-electron chi connectivity index (χ3n) is 2.64. The SMILES string of the molecule is CC(CC(=O)O)SCc1ncc(-c2ccc(Cl)cc2)o1. The summed E-state index contributed by atoms with van der Waals surface area (Å²) in [5.74, 6) is 1.04. The summed E-state index contributed by atoms with van der Waals surface area (Å²) in [4.78, 5) is 14.8. The van der Waals surface area contributed by atoms with Gasteiger partial charge in [-0.3, -0.25) is 4.79 Å². The minimum Gasteiger partial charge on any atom is -0.481 e. The molecule has 2 rings (SSSR count). The summed E-state index contributed by atoms with van der Waals surface area (Å²) in [6, 6.07) is 7.32. The van der Waals surface area contributed by atoms with Gasteiger partial charge in [-0.25, -0.2) is 4.98 Å². The van der Waals surface area contributed by atoms with E-state index in [-0.39, 0.29) is 11.7 Å². The zero-order valence-corrected chi connectivity index (χ0v) is 12.4. The van der Waals surface area contributed by atoms with Gasteiger partial charge in [0, 0.05) is 15.8 Å². The molecule has 0 aliphatic carbocycles. The van der Waals surface area contributed by atoms with E-state index in [0.29, 0.717) is 22.4 Å². The van der Waals surface area contributed by atoms with Crippen LogP contribution in [0.25, 0.3) is 11.3 Å². The van der Waals surface area contributed by atoms with Gasteiger partial charge < -0.3 is 9.52 Å². The van der Waals surface area contributed by atoms with Crippen molar-refractivity contribution >= 4 is 29.3 Å². The molecule has 0 aliphatic rings. The monoisotopic (exact) mass is 311 g/mol. The Bertz CT molecular complexity index is 582. The first-order valence-corrected chi connectivity index (χ1v) is 7.51. The molecule has 0 radical (unpaired) electrons. The fourth-order valence-corrected chi connectivity index (χ4v) is 2.59. The smallest absolute Gasteiger partial charge is 0.304 e. The van der Waals surface area contributed by atoms with Crippen molar-refractivity contribution in [2.45, 2.75) is 24.3 Å². The molecule has 1 atom stereocenters. The molecule has 4 nitrogen and oxygen atoms in total. The molecule has 0 aliphatic heterocycles. The molecule has 20 heavy (non-hydrogen) atoms. The maximum atomic E-state index is 10.6. The van der Waals surface area contributed by atoms with Gasteiger partial charge in [-0.05, 0) is 24.3 Å². The van der Waals surface area contributed by atoms with Crippen LogP contribution >= 0.6 is 23.4 Å². The van der Waals surface area contributed by atoms with Crippen LogP contribution in [0, 0.1) is 0 Å². The van der Waals surface area contributed by atoms with Crippen molar-refractivity contribution in [2.75, 3.05) is 0 Å². The predicted molar refractivity (Wildman–Crippen MR) is 80.0 cm³/mol. The van der Waals surface area contributed by atoms with Crippen molar-refractivity contribution < 1.29 is 14.3 Å². The molecule has 0 amide bonds. The van der Waals surface area contributed by atoms with Crippen LogP contribution in [0.2, 0.25) is 5.02 Å². The number of nitrogens with zero attached hydrogens (tertiary/aromatic N) is 1. The van der Waals surface area contributed by atoms with E-state index in [1.54, 1.807) is 18.3 Å². The van der Waals surface area contributed by atoms with Crippen LogP contribution in [0.1, 0.15) is 19.2 Å². The van der Waals surface area contributed by atoms with Crippen molar-refractivity contribution in [1.82, 2.24) is 4.98 Å². The number of rotatable bonds is 6. The lowest BCUT2D eigenvalue weighted by Crippen LogP contribution is -2.05. The molecule has 1 heterocycles. The highest BCUT2D eigenvalue weighted by Crippen LogP contribution is 2.25. The van der Waals surface area contributed by atoms with Gasteiger partial charge in [0.15, 0.2) is 5.76 Å². The number of carboxylic acid groups (broad SMARTS) is 1. The van der Waals surface area contributed by atoms with Crippen LogP contribution in [-0.4, -0.2) is 21.3 Å². The zero-order valence-electron chi connectivity index (χ0n) is 10.9. The molecule has 1 unspecified atom stereocenters. The van der Waals surface area contributed by atoms with Crippen LogP contribution in [0.4, 0.5) is 0 Å². The lowest BCUT2D eigenvalue weighted by atomic mass is 10.2. The van der Waals surface area contributed by atoms with Gasteiger partial charge in [-0.15, -0.1) is 11.8 Å². The highest BCUT2D eigenvalue weighted by atomic mass is 35.5. The van der Waals surface area contributed by atoms with E-state index in [4.69, 9.17) is 21.1 Å². The summed E-state index contributed by atoms with van der Waals surface area (Å²) in [7, 11) is 0. The third kappa shape index (κ3) is 4.28. The first kappa shape index (κ1) is 14.9. The van der Waals surface area contributed by atoms with E-state index in [9.17, 15) is 4.79 Å². The van der Waals surface area contributed by atoms with Gasteiger partial charge in [-0.1, -0.05) is 18.5 Å². The van der Waals surface area contributed by atoms with Gasteiger partial charge in [0.2, 0.25) is 5.89 Å². The number of carboxylic acids is 1. The highest BCUT2D eigenvalue weighted by Gasteiger charge is 2.11. The van der Waals surface area contributed by atoms with E-state index in [0.717, 1.165) is 5.56 Å². The quantitative estimate of drug-likeness (QED) is 0.870. The Balaban J connectivity index is 1.95. The summed E-state index contributed by atoms with van der Waals surface area (Å²) in [5.41, 5.74) is 0.914. The molecule has 0 saturated carbocycles. The molecule has 0 bridgehead atoms. The standard InChI is InChI=1S/C14H14ClNO3S/c1-9(6-14(17)18)20-8-13-16-7-12(19-13)10-2-4-11(15)5-3-10/h2-5,7,9H,6,8H2,1H3,(H,17,18). The molecule has 6 heteroatoms. The van der Waals surface area contributed by atoms with E-state index < -0.39 is 5.97 Å². The summed E-state index contributed by atoms with van der Waals surface area (Å²) in [6.45, 7) is 1.88. The molecule has 106 valence electrons. The second kappa shape index (κ2) is 6.81. The van der Waals surface area contributed by atoms with Crippen LogP contribution in [0.5, 0.6) is 0 Å². The summed E-state index contributed by atoms with van der Waals surface area (Å²) in [5, 5.41) is 9.39. The van der Waals surface area contributed by atoms with E-state index in [2.05, 4.69) is 4.98 Å². The molecular weight excluding hydrogens is 298 g/mol. The molecule has 1 aromatic carbocycles. The van der Waals surface area contributed by atoms with Crippen LogP contribution in [0.3, 0.4) is 0 Å². The Labute approximate surface area is 126 Å². The largest absolute Gasteiger partial charge is 0.481 e. The second-order valence-corrected chi connectivity index (χ2v) is 6.21. The average molecular weight is 312 g/mol. The predicted octanol–water partition coefficient (Wildman–Crippen LogP) is 4.09. The fourth-order valence-electron chi connectivity index (χ4n) is 1.64. The fraction of sp³-hybridized carbons (Fsp3) is 0.286. The minimum absolute atomic E-state index is 0.0263. The van der Waals surface area contributed by atoms with Crippen molar-refractivity contribution in [1.29, 1.82) is 0 Å². The number of aliphatic carboxylic acids is 1. The normalized spacial score (nSPS) is 12.3. The zero-order chi connectivity index (χ0) is 14.5. The molecular formula is C14H14ClNO3S. The van der Waals surface area contributed by atoms with E-state index in [1.807, 2.05) is 19.1 Å². The third-order valence-corrected chi connectivity index (χ3v) is 4.04. The summed E-state index contributed by atoms with van der Waals surface area (Å²) in [6.07, 6.45) is 1.80. The topological polar surface area (TPSA) is 63.3 Å². The minimum atomic E-state index is -0.792. The molecule has 0 fully saturated rings. The maximum absolute atomic E-state index is 10.6. The molecule has 2 aromatic rings. The lowest BCUT2D eigenvalue weighted by Gasteiger charge is -2.05. The average Bonchev–Trinajstić information content (AvgIpc) is 2.85. The van der Waals surface area contributed by atoms with Gasteiger partial charge in [-0.2, -0.15) is 0 Å². The van der Waals surface area contributed by atoms with Crippen molar-refractivity contribution in [2.24, 2.45) is 0 Å². The number of carbonyl (C=O) groups is 1. The van der Waals surface area contributed by atoms with E-state index in [1.165, 1.54) is 11.8 Å². The highest BCUT2D eigenvalue weighted by molar-refractivity contribution is 7.99. The molecule has 0 saturated heterocycles. The van der Waals surface area contributed by atoms with E-state index >= 15 is 0 Å². The Morgan fingerprint density at radius 1 is 1.45 bits per heavy atom. The number of benzene rings is 1. The maximum Gasteiger partial charge on any atom is 0.304 e. The molecule has 0 spiro atoms. The van der Waals surface area contributed by atoms with Crippen molar-refractivity contribution in [3.8, 4) is 11.3 Å². The Morgan fingerprint density at radius 2 is 2.15 bits per heavy atom. The summed E-state index contributed by atoms with van der Waals surface area (Å²) >= 11 is 7.34. The van der Waals surface area contributed by atoms with Gasteiger partial charge in [0.25, 0.3) is 0 Å². The number of thioether (sulfide) groups is 1. The van der Waals surface area contributed by atoms with Crippen molar-refractivity contribution in [3.63, 3.8) is 0 Å². The first-order chi connectivity index (χ1) is 9.54. The van der Waals surface area contributed by atoms with Gasteiger partial charge in [0.1, 0.15) is 0 Å². The Morgan fingerprint density at radius 3 is 2.80 bits per heavy atom. The molecule has 1 aromatic heterocycles. The van der Waals surface area contributed by atoms with Crippen molar-refractivity contribution in [3.05, 3.63) is 41.4 Å². The van der Waals surface area contributed by atoms with Crippen LogP contribution in [-0.2, 0) is 10.5 Å². The lowest BCUT2D eigenvalue weighted by molar-refractivity contribution is -0.136. The van der Waals surface area contributed by atoms with Gasteiger partial charge >= 0.3 is 5.97 Å².